The lowest BCUT2D eigenvalue weighted by Crippen LogP contribution is -2.32. The number of nitrogens with zero attached hydrogens (tertiary/aromatic N) is 3. The minimum absolute atomic E-state index is 0.165. The number of hydrogen-bond acceptors (Lipinski definition) is 3. The molecule has 3 aromatic heterocycles. The highest BCUT2D eigenvalue weighted by atomic mass is 16.2. The van der Waals surface area contributed by atoms with Gasteiger partial charge in [0.1, 0.15) is 25.5 Å². The summed E-state index contributed by atoms with van der Waals surface area (Å²) in [5.41, 5.74) is 6.08. The van der Waals surface area contributed by atoms with Crippen LogP contribution in [-0.4, -0.2) is 16.8 Å². The number of aryl methyl sites for hydroxylation is 4. The van der Waals surface area contributed by atoms with Crippen molar-refractivity contribution in [2.24, 2.45) is 14.1 Å². The molecule has 5 rings (SSSR count). The molecule has 178 valence electrons. The Hall–Kier alpha value is -4.65. The summed E-state index contributed by atoms with van der Waals surface area (Å²) < 4.78 is 4.20. The number of nitrogens with one attached hydrogen (secondary N) is 2. The van der Waals surface area contributed by atoms with Gasteiger partial charge in [0.25, 0.3) is 11.8 Å². The van der Waals surface area contributed by atoms with Crippen molar-refractivity contribution in [3.63, 3.8) is 0 Å². The van der Waals surface area contributed by atoms with E-state index in [1.54, 1.807) is 18.2 Å². The van der Waals surface area contributed by atoms with Crippen molar-refractivity contribution >= 4 is 45.0 Å². The van der Waals surface area contributed by atoms with Crippen molar-refractivity contribution in [2.45, 2.75) is 13.8 Å². The Morgan fingerprint density at radius 1 is 0.639 bits per heavy atom. The van der Waals surface area contributed by atoms with Crippen LogP contribution in [0.3, 0.4) is 0 Å². The maximum Gasteiger partial charge on any atom is 0.274 e. The second kappa shape index (κ2) is 9.19. The normalized spacial score (nSPS) is 11.0. The molecule has 2 N–H and O–H groups in total. The summed E-state index contributed by atoms with van der Waals surface area (Å²) >= 11 is 0. The van der Waals surface area contributed by atoms with Crippen LogP contribution in [-0.2, 0) is 14.1 Å². The number of anilines is 2. The second-order valence-corrected chi connectivity index (χ2v) is 8.93. The molecule has 0 saturated carbocycles. The van der Waals surface area contributed by atoms with Gasteiger partial charge in [-0.15, -0.1) is 0 Å². The molecular formula is C29H27N5O2+2. The predicted molar refractivity (Wildman–Crippen MR) is 140 cm³/mol. The number of amides is 2. The van der Waals surface area contributed by atoms with Gasteiger partial charge in [0.2, 0.25) is 11.0 Å². The van der Waals surface area contributed by atoms with Gasteiger partial charge in [-0.1, -0.05) is 6.07 Å². The standard InChI is InChI=1S/C29H25N5O2/c1-18-8-10-20-16-22(12-14-26(20)33(18)3)30-28(35)24-6-5-7-25(32-24)29(36)31-23-13-15-27-21(17-23)11-9-19(2)34(27)4/h5-17H,1-4H3/p+2. The topological polar surface area (TPSA) is 78.8 Å². The highest BCUT2D eigenvalue weighted by Crippen LogP contribution is 2.19. The molecule has 5 aromatic rings. The van der Waals surface area contributed by atoms with Crippen LogP contribution in [0.2, 0.25) is 0 Å². The fourth-order valence-electron chi connectivity index (χ4n) is 4.24. The van der Waals surface area contributed by atoms with Gasteiger partial charge in [-0.25, -0.2) is 4.98 Å². The van der Waals surface area contributed by atoms with Crippen LogP contribution in [0.4, 0.5) is 11.4 Å². The van der Waals surface area contributed by atoms with E-state index in [9.17, 15) is 9.59 Å². The molecule has 7 nitrogen and oxygen atoms in total. The van der Waals surface area contributed by atoms with Gasteiger partial charge in [0, 0.05) is 60.3 Å². The minimum Gasteiger partial charge on any atom is -0.321 e. The van der Waals surface area contributed by atoms with Crippen molar-refractivity contribution in [3.05, 3.63) is 102 Å². The Morgan fingerprint density at radius 3 is 1.53 bits per heavy atom. The fourth-order valence-corrected chi connectivity index (χ4v) is 4.24. The van der Waals surface area contributed by atoms with E-state index >= 15 is 0 Å². The van der Waals surface area contributed by atoms with Crippen LogP contribution in [0, 0.1) is 13.8 Å². The molecule has 0 radical (unpaired) electrons. The first-order valence-corrected chi connectivity index (χ1v) is 11.7. The van der Waals surface area contributed by atoms with Crippen LogP contribution in [0.15, 0.2) is 78.9 Å². The van der Waals surface area contributed by atoms with Gasteiger partial charge < -0.3 is 10.6 Å². The van der Waals surface area contributed by atoms with E-state index in [1.807, 2.05) is 88.6 Å². The molecule has 2 amide bonds. The zero-order valence-electron chi connectivity index (χ0n) is 20.7. The van der Waals surface area contributed by atoms with Gasteiger partial charge in [-0.05, 0) is 48.5 Å². The third-order valence-corrected chi connectivity index (χ3v) is 6.57. The van der Waals surface area contributed by atoms with E-state index < -0.39 is 0 Å². The molecule has 2 aromatic carbocycles. The largest absolute Gasteiger partial charge is 0.321 e. The van der Waals surface area contributed by atoms with Gasteiger partial charge in [-0.2, -0.15) is 9.13 Å². The number of hydrogen-bond donors (Lipinski definition) is 2. The zero-order valence-corrected chi connectivity index (χ0v) is 20.7. The van der Waals surface area contributed by atoms with E-state index in [4.69, 9.17) is 0 Å². The molecule has 0 bridgehead atoms. The Balaban J connectivity index is 1.33. The molecule has 0 aliphatic carbocycles. The number of carbonyl (C=O) groups is 2. The Labute approximate surface area is 209 Å². The molecule has 0 aliphatic heterocycles. The first kappa shape index (κ1) is 23.1. The Kier molecular flexibility index (Phi) is 5.90. The maximum absolute atomic E-state index is 12.9. The summed E-state index contributed by atoms with van der Waals surface area (Å²) in [7, 11) is 4.02. The molecular weight excluding hydrogens is 450 g/mol. The fraction of sp³-hybridized carbons (Fsp3) is 0.138. The molecule has 7 heteroatoms. The molecule has 0 aliphatic rings. The average Bonchev–Trinajstić information content (AvgIpc) is 2.88. The lowest BCUT2D eigenvalue weighted by atomic mass is 10.1. The number of carbonyl (C=O) groups excluding carboxylic acids is 2. The first-order chi connectivity index (χ1) is 17.3. The molecule has 0 fully saturated rings. The first-order valence-electron chi connectivity index (χ1n) is 11.7. The van der Waals surface area contributed by atoms with Crippen molar-refractivity contribution in [2.75, 3.05) is 10.6 Å². The third kappa shape index (κ3) is 4.38. The molecule has 0 atom stereocenters. The summed E-state index contributed by atoms with van der Waals surface area (Å²) in [5.74, 6) is -0.761. The Bertz CT molecular complexity index is 1560. The van der Waals surface area contributed by atoms with Crippen molar-refractivity contribution in [1.82, 2.24) is 4.98 Å². The van der Waals surface area contributed by atoms with E-state index in [0.717, 1.165) is 33.2 Å². The van der Waals surface area contributed by atoms with Crippen LogP contribution >= 0.6 is 0 Å². The van der Waals surface area contributed by atoms with Crippen LogP contribution in [0.25, 0.3) is 21.8 Å². The van der Waals surface area contributed by atoms with Gasteiger partial charge in [0.05, 0.1) is 0 Å². The lowest BCUT2D eigenvalue weighted by Gasteiger charge is -2.09. The molecule has 36 heavy (non-hydrogen) atoms. The highest BCUT2D eigenvalue weighted by Gasteiger charge is 2.15. The SMILES string of the molecule is Cc1ccc2cc(NC(=O)c3cccc(C(=O)Nc4ccc5c(ccc(C)[n+]5C)c4)n3)ccc2[n+]1C. The number of pyridine rings is 3. The lowest BCUT2D eigenvalue weighted by molar-refractivity contribution is -0.651. The van der Waals surface area contributed by atoms with Crippen LogP contribution in [0.1, 0.15) is 32.4 Å². The van der Waals surface area contributed by atoms with Gasteiger partial charge in [0.15, 0.2) is 11.4 Å². The van der Waals surface area contributed by atoms with Gasteiger partial charge >= 0.3 is 0 Å². The Morgan fingerprint density at radius 2 is 1.08 bits per heavy atom. The molecule has 3 heterocycles. The number of benzene rings is 2. The quantitative estimate of drug-likeness (QED) is 0.382. The second-order valence-electron chi connectivity index (χ2n) is 8.93. The van der Waals surface area contributed by atoms with E-state index in [1.165, 1.54) is 0 Å². The summed E-state index contributed by atoms with van der Waals surface area (Å²) in [4.78, 5) is 30.1. The predicted octanol–water partition coefficient (Wildman–Crippen LogP) is 4.16. The van der Waals surface area contributed by atoms with Crippen LogP contribution < -0.4 is 19.8 Å². The highest BCUT2D eigenvalue weighted by molar-refractivity contribution is 6.07. The maximum atomic E-state index is 12.9. The number of aromatic nitrogens is 3. The summed E-state index contributed by atoms with van der Waals surface area (Å²) in [6.45, 7) is 4.09. The monoisotopic (exact) mass is 477 g/mol. The van der Waals surface area contributed by atoms with Crippen molar-refractivity contribution in [1.29, 1.82) is 0 Å². The summed E-state index contributed by atoms with van der Waals surface area (Å²) in [6, 6.07) is 24.5. The van der Waals surface area contributed by atoms with E-state index in [-0.39, 0.29) is 23.2 Å². The molecule has 0 spiro atoms. The summed E-state index contributed by atoms with van der Waals surface area (Å²) in [5, 5.41) is 7.80. The van der Waals surface area contributed by atoms with E-state index in [2.05, 4.69) is 24.8 Å². The van der Waals surface area contributed by atoms with Crippen molar-refractivity contribution < 1.29 is 18.7 Å². The number of rotatable bonds is 4. The number of fused-ring (bicyclic) bond motifs is 2. The summed E-state index contributed by atoms with van der Waals surface area (Å²) in [6.07, 6.45) is 0. The molecule has 0 saturated heterocycles. The smallest absolute Gasteiger partial charge is 0.274 e. The zero-order chi connectivity index (χ0) is 25.4. The van der Waals surface area contributed by atoms with Crippen LogP contribution in [0.5, 0.6) is 0 Å². The average molecular weight is 478 g/mol. The van der Waals surface area contributed by atoms with Gasteiger partial charge in [-0.3, -0.25) is 9.59 Å². The third-order valence-electron chi connectivity index (χ3n) is 6.57. The van der Waals surface area contributed by atoms with Crippen molar-refractivity contribution in [3.8, 4) is 0 Å². The van der Waals surface area contributed by atoms with E-state index in [0.29, 0.717) is 11.4 Å². The molecule has 0 unspecified atom stereocenters. The minimum atomic E-state index is -0.380.